The summed E-state index contributed by atoms with van der Waals surface area (Å²) in [6, 6.07) is 13.2. The standard InChI is InChI=1S/C19H19ClN2O2/c1-12-6-8-15(20)11-17(12)21-18(23)9-7-14-10-13-4-2-3-5-16(13)22-19(14)24/h2-6,8,11,14H,7,9-10H2,1H3,(H,21,23)(H,22,24). The van der Waals surface area contributed by atoms with E-state index in [2.05, 4.69) is 10.6 Å². The Hall–Kier alpha value is -2.33. The van der Waals surface area contributed by atoms with Gasteiger partial charge < -0.3 is 10.6 Å². The average Bonchev–Trinajstić information content (AvgIpc) is 2.56. The molecule has 0 aliphatic carbocycles. The summed E-state index contributed by atoms with van der Waals surface area (Å²) in [6.07, 6.45) is 1.49. The van der Waals surface area contributed by atoms with Crippen LogP contribution in [0.15, 0.2) is 42.5 Å². The minimum Gasteiger partial charge on any atom is -0.326 e. The Bertz CT molecular complexity index is 789. The summed E-state index contributed by atoms with van der Waals surface area (Å²) in [4.78, 5) is 24.4. The summed E-state index contributed by atoms with van der Waals surface area (Å²) in [7, 11) is 0. The van der Waals surface area contributed by atoms with Crippen LogP contribution in [0, 0.1) is 12.8 Å². The van der Waals surface area contributed by atoms with E-state index in [1.165, 1.54) is 0 Å². The molecule has 0 bridgehead atoms. The highest BCUT2D eigenvalue weighted by Gasteiger charge is 2.26. The Labute approximate surface area is 146 Å². The van der Waals surface area contributed by atoms with Crippen molar-refractivity contribution in [2.45, 2.75) is 26.2 Å². The van der Waals surface area contributed by atoms with Crippen LogP contribution in [0.4, 0.5) is 11.4 Å². The zero-order valence-electron chi connectivity index (χ0n) is 13.4. The number of hydrogen-bond acceptors (Lipinski definition) is 2. The van der Waals surface area contributed by atoms with Gasteiger partial charge in [-0.05, 0) is 49.1 Å². The van der Waals surface area contributed by atoms with Gasteiger partial charge >= 0.3 is 0 Å². The van der Waals surface area contributed by atoms with Gasteiger partial charge in [-0.15, -0.1) is 0 Å². The molecule has 5 heteroatoms. The number of nitrogens with one attached hydrogen (secondary N) is 2. The number of amides is 2. The fourth-order valence-electron chi connectivity index (χ4n) is 2.89. The van der Waals surface area contributed by atoms with Crippen LogP contribution in [0.25, 0.3) is 0 Å². The second-order valence-corrected chi connectivity index (χ2v) is 6.53. The maximum atomic E-state index is 12.2. The molecule has 1 heterocycles. The van der Waals surface area contributed by atoms with Crippen LogP contribution >= 0.6 is 11.6 Å². The fourth-order valence-corrected chi connectivity index (χ4v) is 3.07. The van der Waals surface area contributed by atoms with Gasteiger partial charge in [-0.1, -0.05) is 35.9 Å². The number of aryl methyl sites for hydroxylation is 1. The number of fused-ring (bicyclic) bond motifs is 1. The van der Waals surface area contributed by atoms with Crippen molar-refractivity contribution in [2.24, 2.45) is 5.92 Å². The van der Waals surface area contributed by atoms with E-state index < -0.39 is 0 Å². The maximum absolute atomic E-state index is 12.2. The van der Waals surface area contributed by atoms with Crippen LogP contribution in [-0.2, 0) is 16.0 Å². The normalized spacial score (nSPS) is 16.2. The summed E-state index contributed by atoms with van der Waals surface area (Å²) >= 11 is 5.96. The maximum Gasteiger partial charge on any atom is 0.227 e. The van der Waals surface area contributed by atoms with Gasteiger partial charge in [0.05, 0.1) is 0 Å². The Balaban J connectivity index is 1.59. The SMILES string of the molecule is Cc1ccc(Cl)cc1NC(=O)CCC1Cc2ccccc2NC1=O. The molecule has 0 radical (unpaired) electrons. The van der Waals surface area contributed by atoms with E-state index in [9.17, 15) is 9.59 Å². The quantitative estimate of drug-likeness (QED) is 0.875. The van der Waals surface area contributed by atoms with Gasteiger partial charge in [0.2, 0.25) is 11.8 Å². The fraction of sp³-hybridized carbons (Fsp3) is 0.263. The largest absolute Gasteiger partial charge is 0.326 e. The molecular weight excluding hydrogens is 324 g/mol. The lowest BCUT2D eigenvalue weighted by Crippen LogP contribution is -2.30. The molecule has 2 amide bonds. The van der Waals surface area contributed by atoms with Gasteiger partial charge in [0.15, 0.2) is 0 Å². The van der Waals surface area contributed by atoms with E-state index in [0.717, 1.165) is 16.8 Å². The molecule has 2 aromatic carbocycles. The van der Waals surface area contributed by atoms with Gasteiger partial charge in [-0.3, -0.25) is 9.59 Å². The first-order valence-corrected chi connectivity index (χ1v) is 8.35. The summed E-state index contributed by atoms with van der Waals surface area (Å²) in [6.45, 7) is 1.91. The third kappa shape index (κ3) is 3.77. The Morgan fingerprint density at radius 3 is 2.92 bits per heavy atom. The van der Waals surface area contributed by atoms with Gasteiger partial charge in [0.1, 0.15) is 0 Å². The van der Waals surface area contributed by atoms with Gasteiger partial charge in [0.25, 0.3) is 0 Å². The predicted molar refractivity (Wildman–Crippen MR) is 96.3 cm³/mol. The lowest BCUT2D eigenvalue weighted by Gasteiger charge is -2.24. The Kier molecular flexibility index (Phi) is 4.86. The van der Waals surface area contributed by atoms with E-state index in [4.69, 9.17) is 11.6 Å². The van der Waals surface area contributed by atoms with E-state index >= 15 is 0 Å². The molecule has 2 aromatic rings. The first-order valence-electron chi connectivity index (χ1n) is 7.97. The summed E-state index contributed by atoms with van der Waals surface area (Å²) in [5, 5.41) is 6.36. The van der Waals surface area contributed by atoms with Crippen molar-refractivity contribution in [3.63, 3.8) is 0 Å². The highest BCUT2D eigenvalue weighted by Crippen LogP contribution is 2.28. The molecule has 124 valence electrons. The van der Waals surface area contributed by atoms with Gasteiger partial charge in [-0.2, -0.15) is 0 Å². The molecule has 2 N–H and O–H groups in total. The molecule has 1 unspecified atom stereocenters. The van der Waals surface area contributed by atoms with Crippen molar-refractivity contribution in [3.8, 4) is 0 Å². The lowest BCUT2D eigenvalue weighted by molar-refractivity contribution is -0.121. The zero-order chi connectivity index (χ0) is 17.1. The van der Waals surface area contributed by atoms with Crippen molar-refractivity contribution in [1.82, 2.24) is 0 Å². The third-order valence-electron chi connectivity index (χ3n) is 4.31. The molecular formula is C19H19ClN2O2. The zero-order valence-corrected chi connectivity index (χ0v) is 14.2. The van der Waals surface area contributed by atoms with E-state index in [1.807, 2.05) is 37.3 Å². The predicted octanol–water partition coefficient (Wildman–Crippen LogP) is 4.18. The van der Waals surface area contributed by atoms with Crippen LogP contribution in [-0.4, -0.2) is 11.8 Å². The topological polar surface area (TPSA) is 58.2 Å². The van der Waals surface area contributed by atoms with Crippen molar-refractivity contribution in [3.05, 3.63) is 58.6 Å². The van der Waals surface area contributed by atoms with Gasteiger partial charge in [-0.25, -0.2) is 0 Å². The number of carbonyl (C=O) groups is 2. The first kappa shape index (κ1) is 16.5. The molecule has 0 aromatic heterocycles. The monoisotopic (exact) mass is 342 g/mol. The minimum absolute atomic E-state index is 0.0135. The molecule has 1 aliphatic rings. The number of hydrogen-bond donors (Lipinski definition) is 2. The minimum atomic E-state index is -0.175. The average molecular weight is 343 g/mol. The highest BCUT2D eigenvalue weighted by molar-refractivity contribution is 6.31. The molecule has 0 spiro atoms. The lowest BCUT2D eigenvalue weighted by atomic mass is 9.89. The summed E-state index contributed by atoms with van der Waals surface area (Å²) in [5.74, 6) is -0.293. The van der Waals surface area contributed by atoms with Gasteiger partial charge in [0, 0.05) is 28.7 Å². The molecule has 0 fully saturated rings. The third-order valence-corrected chi connectivity index (χ3v) is 4.54. The number of rotatable bonds is 4. The second kappa shape index (κ2) is 7.05. The summed E-state index contributed by atoms with van der Waals surface area (Å²) < 4.78 is 0. The Morgan fingerprint density at radius 1 is 1.29 bits per heavy atom. The second-order valence-electron chi connectivity index (χ2n) is 6.09. The van der Waals surface area contributed by atoms with E-state index in [0.29, 0.717) is 30.0 Å². The molecule has 0 saturated carbocycles. The Morgan fingerprint density at radius 2 is 2.08 bits per heavy atom. The number of anilines is 2. The van der Waals surface area contributed by atoms with Crippen molar-refractivity contribution < 1.29 is 9.59 Å². The van der Waals surface area contributed by atoms with E-state index in [-0.39, 0.29) is 17.7 Å². The smallest absolute Gasteiger partial charge is 0.227 e. The number of benzene rings is 2. The number of carbonyl (C=O) groups excluding carboxylic acids is 2. The molecule has 1 aliphatic heterocycles. The summed E-state index contributed by atoms with van der Waals surface area (Å²) in [5.41, 5.74) is 3.66. The van der Waals surface area contributed by atoms with E-state index in [1.54, 1.807) is 12.1 Å². The van der Waals surface area contributed by atoms with Crippen molar-refractivity contribution in [2.75, 3.05) is 10.6 Å². The van der Waals surface area contributed by atoms with Crippen LogP contribution in [0.2, 0.25) is 5.02 Å². The molecule has 3 rings (SSSR count). The van der Waals surface area contributed by atoms with Crippen LogP contribution in [0.5, 0.6) is 0 Å². The van der Waals surface area contributed by atoms with Crippen LogP contribution < -0.4 is 10.6 Å². The molecule has 24 heavy (non-hydrogen) atoms. The highest BCUT2D eigenvalue weighted by atomic mass is 35.5. The number of para-hydroxylation sites is 1. The van der Waals surface area contributed by atoms with Crippen LogP contribution in [0.3, 0.4) is 0 Å². The van der Waals surface area contributed by atoms with Crippen LogP contribution in [0.1, 0.15) is 24.0 Å². The molecule has 1 atom stereocenters. The molecule has 0 saturated heterocycles. The van der Waals surface area contributed by atoms with Crippen molar-refractivity contribution >= 4 is 34.8 Å². The van der Waals surface area contributed by atoms with Crippen molar-refractivity contribution in [1.29, 1.82) is 0 Å². The first-order chi connectivity index (χ1) is 11.5. The molecule has 4 nitrogen and oxygen atoms in total. The number of halogens is 1.